The summed E-state index contributed by atoms with van der Waals surface area (Å²) in [6, 6.07) is 8.47. The van der Waals surface area contributed by atoms with E-state index in [1.807, 2.05) is 13.0 Å². The molecule has 5 nitrogen and oxygen atoms in total. The Bertz CT molecular complexity index is 409. The fourth-order valence-electron chi connectivity index (χ4n) is 1.32. The Hall–Kier alpha value is -2.06. The number of hydrogen-bond acceptors (Lipinski definition) is 3. The van der Waals surface area contributed by atoms with E-state index in [1.54, 1.807) is 24.3 Å². The first-order valence-corrected chi connectivity index (χ1v) is 5.89. The maximum atomic E-state index is 11.5. The first-order chi connectivity index (χ1) is 8.76. The maximum Gasteiger partial charge on any atom is 0.319 e. The number of urea groups is 1. The van der Waals surface area contributed by atoms with Crippen LogP contribution in [0.15, 0.2) is 24.3 Å². The number of nitriles is 1. The van der Waals surface area contributed by atoms with Crippen molar-refractivity contribution in [2.45, 2.75) is 13.3 Å². The van der Waals surface area contributed by atoms with E-state index in [4.69, 9.17) is 10.00 Å². The molecular weight excluding hydrogens is 230 g/mol. The van der Waals surface area contributed by atoms with Gasteiger partial charge in [0.15, 0.2) is 0 Å². The standard InChI is InChI=1S/C13H17N3O2/c1-2-18-9-3-8-15-13(17)16-12-6-4-11(10-14)5-7-12/h4-7H,2-3,8-9H2,1H3,(H2,15,16,17). The lowest BCUT2D eigenvalue weighted by Gasteiger charge is -2.07. The minimum Gasteiger partial charge on any atom is -0.382 e. The van der Waals surface area contributed by atoms with Gasteiger partial charge in [-0.15, -0.1) is 0 Å². The second-order valence-electron chi connectivity index (χ2n) is 3.62. The molecule has 1 aromatic carbocycles. The maximum absolute atomic E-state index is 11.5. The highest BCUT2D eigenvalue weighted by molar-refractivity contribution is 5.89. The highest BCUT2D eigenvalue weighted by Gasteiger charge is 2.00. The largest absolute Gasteiger partial charge is 0.382 e. The summed E-state index contributed by atoms with van der Waals surface area (Å²) in [7, 11) is 0. The molecule has 0 unspecified atom stereocenters. The lowest BCUT2D eigenvalue weighted by atomic mass is 10.2. The first kappa shape index (κ1) is 14.0. The SMILES string of the molecule is CCOCCCNC(=O)Nc1ccc(C#N)cc1. The summed E-state index contributed by atoms with van der Waals surface area (Å²) in [6.07, 6.45) is 0.786. The highest BCUT2D eigenvalue weighted by Crippen LogP contribution is 2.08. The smallest absolute Gasteiger partial charge is 0.319 e. The van der Waals surface area contributed by atoms with Gasteiger partial charge in [-0.05, 0) is 37.6 Å². The summed E-state index contributed by atoms with van der Waals surface area (Å²) < 4.78 is 5.16. The van der Waals surface area contributed by atoms with E-state index >= 15 is 0 Å². The summed E-state index contributed by atoms with van der Waals surface area (Å²) in [6.45, 7) is 3.85. The number of rotatable bonds is 6. The van der Waals surface area contributed by atoms with Crippen LogP contribution in [0, 0.1) is 11.3 Å². The van der Waals surface area contributed by atoms with E-state index in [0.717, 1.165) is 6.42 Å². The van der Waals surface area contributed by atoms with Crippen molar-refractivity contribution in [2.24, 2.45) is 0 Å². The van der Waals surface area contributed by atoms with Crippen molar-refractivity contribution in [3.63, 3.8) is 0 Å². The molecular formula is C13H17N3O2. The van der Waals surface area contributed by atoms with Crippen LogP contribution in [0.4, 0.5) is 10.5 Å². The molecule has 0 aliphatic carbocycles. The number of hydrogen-bond donors (Lipinski definition) is 2. The first-order valence-electron chi connectivity index (χ1n) is 5.89. The number of carbonyl (C=O) groups excluding carboxylic acids is 1. The fraction of sp³-hybridized carbons (Fsp3) is 0.385. The van der Waals surface area contributed by atoms with Crippen molar-refractivity contribution < 1.29 is 9.53 Å². The zero-order chi connectivity index (χ0) is 13.2. The van der Waals surface area contributed by atoms with Crippen molar-refractivity contribution in [1.29, 1.82) is 5.26 Å². The molecule has 0 aliphatic rings. The average molecular weight is 247 g/mol. The van der Waals surface area contributed by atoms with E-state index in [2.05, 4.69) is 10.6 Å². The van der Waals surface area contributed by atoms with Crippen LogP contribution in [0.2, 0.25) is 0 Å². The molecule has 0 bridgehead atoms. The van der Waals surface area contributed by atoms with Gasteiger partial charge in [0.2, 0.25) is 0 Å². The van der Waals surface area contributed by atoms with Gasteiger partial charge in [-0.3, -0.25) is 0 Å². The van der Waals surface area contributed by atoms with Crippen molar-refractivity contribution in [3.8, 4) is 6.07 Å². The molecule has 0 saturated carbocycles. The van der Waals surface area contributed by atoms with Crippen molar-refractivity contribution in [3.05, 3.63) is 29.8 Å². The molecule has 2 amide bonds. The number of nitrogens with one attached hydrogen (secondary N) is 2. The van der Waals surface area contributed by atoms with Gasteiger partial charge in [0, 0.05) is 25.4 Å². The summed E-state index contributed by atoms with van der Waals surface area (Å²) in [5.41, 5.74) is 1.23. The summed E-state index contributed by atoms with van der Waals surface area (Å²) in [5, 5.41) is 14.0. The average Bonchev–Trinajstić information content (AvgIpc) is 2.39. The molecule has 2 N–H and O–H groups in total. The molecule has 1 aromatic rings. The Labute approximate surface area is 107 Å². The quantitative estimate of drug-likeness (QED) is 0.756. The molecule has 0 atom stereocenters. The Kier molecular flexibility index (Phi) is 6.30. The van der Waals surface area contributed by atoms with Crippen LogP contribution in [-0.2, 0) is 4.74 Å². The van der Waals surface area contributed by atoms with Crippen LogP contribution in [0.1, 0.15) is 18.9 Å². The second-order valence-corrected chi connectivity index (χ2v) is 3.62. The molecule has 18 heavy (non-hydrogen) atoms. The number of carbonyl (C=O) groups is 1. The van der Waals surface area contributed by atoms with E-state index in [-0.39, 0.29) is 6.03 Å². The molecule has 0 fully saturated rings. The summed E-state index contributed by atoms with van der Waals surface area (Å²) in [4.78, 5) is 11.5. The van der Waals surface area contributed by atoms with Crippen LogP contribution in [0.5, 0.6) is 0 Å². The van der Waals surface area contributed by atoms with Gasteiger partial charge in [-0.1, -0.05) is 0 Å². The van der Waals surface area contributed by atoms with Gasteiger partial charge >= 0.3 is 6.03 Å². The van der Waals surface area contributed by atoms with E-state index in [1.165, 1.54) is 0 Å². The third-order valence-corrected chi connectivity index (χ3v) is 2.23. The van der Waals surface area contributed by atoms with Gasteiger partial charge in [0.05, 0.1) is 11.6 Å². The number of benzene rings is 1. The second kappa shape index (κ2) is 8.09. The Morgan fingerprint density at radius 2 is 2.11 bits per heavy atom. The molecule has 0 aliphatic heterocycles. The Morgan fingerprint density at radius 1 is 1.39 bits per heavy atom. The zero-order valence-electron chi connectivity index (χ0n) is 10.4. The minimum absolute atomic E-state index is 0.254. The third kappa shape index (κ3) is 5.32. The van der Waals surface area contributed by atoms with Crippen LogP contribution < -0.4 is 10.6 Å². The molecule has 1 rings (SSSR count). The van der Waals surface area contributed by atoms with Gasteiger partial charge in [-0.25, -0.2) is 4.79 Å². The molecule has 0 saturated heterocycles. The molecule has 0 radical (unpaired) electrons. The molecule has 0 aromatic heterocycles. The number of anilines is 1. The molecule has 5 heteroatoms. The highest BCUT2D eigenvalue weighted by atomic mass is 16.5. The lowest BCUT2D eigenvalue weighted by Crippen LogP contribution is -2.30. The molecule has 0 heterocycles. The van der Waals surface area contributed by atoms with Gasteiger partial charge in [0.25, 0.3) is 0 Å². The fourth-order valence-corrected chi connectivity index (χ4v) is 1.32. The Balaban J connectivity index is 2.25. The lowest BCUT2D eigenvalue weighted by molar-refractivity contribution is 0.145. The zero-order valence-corrected chi connectivity index (χ0v) is 10.4. The predicted octanol–water partition coefficient (Wildman–Crippen LogP) is 2.11. The van der Waals surface area contributed by atoms with Crippen LogP contribution in [-0.4, -0.2) is 25.8 Å². The van der Waals surface area contributed by atoms with Crippen molar-refractivity contribution in [1.82, 2.24) is 5.32 Å². The summed E-state index contributed by atoms with van der Waals surface area (Å²) in [5.74, 6) is 0. The van der Waals surface area contributed by atoms with Crippen LogP contribution in [0.25, 0.3) is 0 Å². The van der Waals surface area contributed by atoms with Crippen LogP contribution in [0.3, 0.4) is 0 Å². The predicted molar refractivity (Wildman–Crippen MR) is 69.3 cm³/mol. The van der Waals surface area contributed by atoms with Gasteiger partial charge in [0.1, 0.15) is 0 Å². The Morgan fingerprint density at radius 3 is 2.72 bits per heavy atom. The third-order valence-electron chi connectivity index (χ3n) is 2.23. The van der Waals surface area contributed by atoms with E-state index in [0.29, 0.717) is 31.0 Å². The number of nitrogens with zero attached hydrogens (tertiary/aromatic N) is 1. The number of ether oxygens (including phenoxy) is 1. The van der Waals surface area contributed by atoms with Gasteiger partial charge < -0.3 is 15.4 Å². The number of amides is 2. The summed E-state index contributed by atoms with van der Waals surface area (Å²) >= 11 is 0. The molecule has 0 spiro atoms. The normalized spacial score (nSPS) is 9.56. The van der Waals surface area contributed by atoms with Gasteiger partial charge in [-0.2, -0.15) is 5.26 Å². The van der Waals surface area contributed by atoms with E-state index in [9.17, 15) is 4.79 Å². The van der Waals surface area contributed by atoms with E-state index < -0.39 is 0 Å². The topological polar surface area (TPSA) is 74.2 Å². The van der Waals surface area contributed by atoms with Crippen molar-refractivity contribution in [2.75, 3.05) is 25.1 Å². The monoisotopic (exact) mass is 247 g/mol. The van der Waals surface area contributed by atoms with Crippen LogP contribution >= 0.6 is 0 Å². The minimum atomic E-state index is -0.254. The molecule has 96 valence electrons. The van der Waals surface area contributed by atoms with Crippen molar-refractivity contribution >= 4 is 11.7 Å².